The smallest absolute Gasteiger partial charge is 0.383 e. The van der Waals surface area contributed by atoms with Crippen LogP contribution in [0.5, 0.6) is 0 Å². The van der Waals surface area contributed by atoms with Crippen molar-refractivity contribution in [3.05, 3.63) is 22.8 Å². The summed E-state index contributed by atoms with van der Waals surface area (Å²) < 4.78 is 42.1. The number of ether oxygens (including phenoxy) is 1. The van der Waals surface area contributed by atoms with E-state index in [0.29, 0.717) is 23.9 Å². The van der Waals surface area contributed by atoms with Crippen LogP contribution in [-0.2, 0) is 10.9 Å². The summed E-state index contributed by atoms with van der Waals surface area (Å²) in [6.07, 6.45) is -3.62. The van der Waals surface area contributed by atoms with Crippen LogP contribution in [0.25, 0.3) is 0 Å². The van der Waals surface area contributed by atoms with Crippen molar-refractivity contribution in [1.82, 2.24) is 10.3 Å². The third kappa shape index (κ3) is 5.99. The van der Waals surface area contributed by atoms with E-state index < -0.39 is 11.7 Å². The molecule has 0 saturated carbocycles. The summed E-state index contributed by atoms with van der Waals surface area (Å²) in [5.74, 6) is 0.668. The van der Waals surface area contributed by atoms with Crippen molar-refractivity contribution >= 4 is 23.4 Å². The quantitative estimate of drug-likeness (QED) is 0.619. The second kappa shape index (κ2) is 7.94. The molecule has 0 aromatic carbocycles. The SMILES string of the molecule is COCCNCCSc1ncc(C(F)(F)F)cc1Cl. The summed E-state index contributed by atoms with van der Waals surface area (Å²) in [5.41, 5.74) is -0.833. The van der Waals surface area contributed by atoms with Crippen LogP contribution in [-0.4, -0.2) is 37.5 Å². The van der Waals surface area contributed by atoms with Gasteiger partial charge in [-0.25, -0.2) is 4.98 Å². The molecule has 0 fully saturated rings. The Morgan fingerprint density at radius 2 is 2.16 bits per heavy atom. The molecule has 3 nitrogen and oxygen atoms in total. The monoisotopic (exact) mass is 314 g/mol. The number of methoxy groups -OCH3 is 1. The Kier molecular flexibility index (Phi) is 6.92. The summed E-state index contributed by atoms with van der Waals surface area (Å²) in [7, 11) is 1.61. The molecule has 8 heteroatoms. The maximum atomic E-state index is 12.4. The summed E-state index contributed by atoms with van der Waals surface area (Å²) in [5, 5.41) is 3.55. The van der Waals surface area contributed by atoms with Gasteiger partial charge < -0.3 is 10.1 Å². The van der Waals surface area contributed by atoms with Crippen molar-refractivity contribution in [2.75, 3.05) is 32.6 Å². The van der Waals surface area contributed by atoms with E-state index in [9.17, 15) is 13.2 Å². The highest BCUT2D eigenvalue weighted by Crippen LogP contribution is 2.33. The Balaban J connectivity index is 2.43. The fourth-order valence-electron chi connectivity index (χ4n) is 1.21. The molecule has 0 aliphatic rings. The molecule has 0 amide bonds. The summed E-state index contributed by atoms with van der Waals surface area (Å²) in [4.78, 5) is 3.74. The largest absolute Gasteiger partial charge is 0.417 e. The van der Waals surface area contributed by atoms with E-state index in [1.165, 1.54) is 11.8 Å². The van der Waals surface area contributed by atoms with Gasteiger partial charge in [-0.2, -0.15) is 13.2 Å². The zero-order valence-corrected chi connectivity index (χ0v) is 11.8. The number of hydrogen-bond acceptors (Lipinski definition) is 4. The Bertz CT molecular complexity index is 404. The van der Waals surface area contributed by atoms with Gasteiger partial charge in [0.2, 0.25) is 0 Å². The average molecular weight is 315 g/mol. The number of nitrogens with one attached hydrogen (secondary N) is 1. The molecule has 19 heavy (non-hydrogen) atoms. The molecule has 0 bridgehead atoms. The lowest BCUT2D eigenvalue weighted by Gasteiger charge is -2.09. The number of alkyl halides is 3. The normalized spacial score (nSPS) is 11.8. The van der Waals surface area contributed by atoms with Gasteiger partial charge >= 0.3 is 6.18 Å². The van der Waals surface area contributed by atoms with Gasteiger partial charge in [-0.05, 0) is 6.07 Å². The highest BCUT2D eigenvalue weighted by atomic mass is 35.5. The predicted molar refractivity (Wildman–Crippen MR) is 69.7 cm³/mol. The first-order chi connectivity index (χ1) is 8.95. The standard InChI is InChI=1S/C11H14ClF3N2OS/c1-18-4-2-16-3-5-19-10-9(12)6-8(7-17-10)11(13,14)15/h6-7,16H,2-5H2,1H3. The van der Waals surface area contributed by atoms with E-state index in [1.807, 2.05) is 0 Å². The molecule has 0 unspecified atom stereocenters. The molecule has 1 rings (SSSR count). The summed E-state index contributed by atoms with van der Waals surface area (Å²) in [6, 6.07) is 0.898. The number of rotatable bonds is 7. The van der Waals surface area contributed by atoms with Gasteiger partial charge in [0.05, 0.1) is 17.2 Å². The molecule has 108 valence electrons. The van der Waals surface area contributed by atoms with Crippen molar-refractivity contribution < 1.29 is 17.9 Å². The zero-order valence-electron chi connectivity index (χ0n) is 10.3. The lowest BCUT2D eigenvalue weighted by Crippen LogP contribution is -2.21. The topological polar surface area (TPSA) is 34.1 Å². The molecular weight excluding hydrogens is 301 g/mol. The fourth-order valence-corrected chi connectivity index (χ4v) is 2.30. The molecule has 1 aromatic heterocycles. The Morgan fingerprint density at radius 1 is 1.42 bits per heavy atom. The highest BCUT2D eigenvalue weighted by molar-refractivity contribution is 7.99. The molecule has 1 aromatic rings. The van der Waals surface area contributed by atoms with Crippen LogP contribution in [0.4, 0.5) is 13.2 Å². The third-order valence-electron chi connectivity index (χ3n) is 2.14. The molecule has 0 aliphatic carbocycles. The van der Waals surface area contributed by atoms with Crippen molar-refractivity contribution in [2.45, 2.75) is 11.2 Å². The second-order valence-corrected chi connectivity index (χ2v) is 5.09. The van der Waals surface area contributed by atoms with E-state index in [1.54, 1.807) is 7.11 Å². The van der Waals surface area contributed by atoms with Gasteiger partial charge in [-0.1, -0.05) is 11.6 Å². The molecule has 1 heterocycles. The molecule has 1 N–H and O–H groups in total. The predicted octanol–water partition coefficient (Wildman–Crippen LogP) is 3.08. The molecule has 0 atom stereocenters. The van der Waals surface area contributed by atoms with Crippen LogP contribution in [0, 0.1) is 0 Å². The van der Waals surface area contributed by atoms with E-state index in [-0.39, 0.29) is 5.02 Å². The summed E-state index contributed by atoms with van der Waals surface area (Å²) >= 11 is 7.08. The summed E-state index contributed by atoms with van der Waals surface area (Å²) in [6.45, 7) is 2.04. The Morgan fingerprint density at radius 3 is 2.74 bits per heavy atom. The van der Waals surface area contributed by atoms with Crippen LogP contribution in [0.1, 0.15) is 5.56 Å². The number of aromatic nitrogens is 1. The van der Waals surface area contributed by atoms with Crippen LogP contribution >= 0.6 is 23.4 Å². The van der Waals surface area contributed by atoms with Crippen molar-refractivity contribution in [3.63, 3.8) is 0 Å². The number of thioether (sulfide) groups is 1. The average Bonchev–Trinajstić information content (AvgIpc) is 2.34. The first-order valence-corrected chi connectivity index (χ1v) is 6.86. The van der Waals surface area contributed by atoms with Gasteiger partial charge in [0.1, 0.15) is 5.03 Å². The minimum atomic E-state index is -4.42. The second-order valence-electron chi connectivity index (χ2n) is 3.60. The fraction of sp³-hybridized carbons (Fsp3) is 0.545. The zero-order chi connectivity index (χ0) is 14.3. The maximum absolute atomic E-state index is 12.4. The lowest BCUT2D eigenvalue weighted by atomic mass is 10.3. The molecular formula is C11H14ClF3N2OS. The van der Waals surface area contributed by atoms with Crippen LogP contribution < -0.4 is 5.32 Å². The number of hydrogen-bond donors (Lipinski definition) is 1. The van der Waals surface area contributed by atoms with Gasteiger partial charge in [0.15, 0.2) is 0 Å². The van der Waals surface area contributed by atoms with E-state index >= 15 is 0 Å². The Hall–Kier alpha value is -0.500. The van der Waals surface area contributed by atoms with Gasteiger partial charge in [0.25, 0.3) is 0 Å². The highest BCUT2D eigenvalue weighted by Gasteiger charge is 2.31. The molecule has 0 spiro atoms. The third-order valence-corrected chi connectivity index (χ3v) is 3.54. The van der Waals surface area contributed by atoms with Crippen LogP contribution in [0.2, 0.25) is 5.02 Å². The van der Waals surface area contributed by atoms with Crippen LogP contribution in [0.15, 0.2) is 17.3 Å². The molecule has 0 saturated heterocycles. The number of pyridine rings is 1. The van der Waals surface area contributed by atoms with Crippen molar-refractivity contribution in [1.29, 1.82) is 0 Å². The van der Waals surface area contributed by atoms with E-state index in [4.69, 9.17) is 16.3 Å². The number of halogens is 4. The lowest BCUT2D eigenvalue weighted by molar-refractivity contribution is -0.137. The van der Waals surface area contributed by atoms with Gasteiger partial charge in [-0.15, -0.1) is 11.8 Å². The van der Waals surface area contributed by atoms with E-state index in [2.05, 4.69) is 10.3 Å². The van der Waals surface area contributed by atoms with Crippen molar-refractivity contribution in [2.24, 2.45) is 0 Å². The minimum absolute atomic E-state index is 0.0247. The minimum Gasteiger partial charge on any atom is -0.383 e. The van der Waals surface area contributed by atoms with Crippen LogP contribution in [0.3, 0.4) is 0 Å². The maximum Gasteiger partial charge on any atom is 0.417 e. The molecule has 0 radical (unpaired) electrons. The first-order valence-electron chi connectivity index (χ1n) is 5.50. The first kappa shape index (κ1) is 16.6. The van der Waals surface area contributed by atoms with Gasteiger partial charge in [-0.3, -0.25) is 0 Å². The Labute approximate surface area is 118 Å². The molecule has 0 aliphatic heterocycles. The van der Waals surface area contributed by atoms with E-state index in [0.717, 1.165) is 18.8 Å². The number of nitrogens with zero attached hydrogens (tertiary/aromatic N) is 1. The van der Waals surface area contributed by atoms with Crippen molar-refractivity contribution in [3.8, 4) is 0 Å². The van der Waals surface area contributed by atoms with Gasteiger partial charge in [0, 0.05) is 32.1 Å².